The number of phenolic OH excluding ortho intramolecular Hbond substituents is 1. The van der Waals surface area contributed by atoms with Crippen molar-refractivity contribution in [3.8, 4) is 5.75 Å². The van der Waals surface area contributed by atoms with Gasteiger partial charge in [0.05, 0.1) is 4.88 Å². The Morgan fingerprint density at radius 1 is 1.33 bits per heavy atom. The average Bonchev–Trinajstić information content (AvgIpc) is 2.67. The van der Waals surface area contributed by atoms with Gasteiger partial charge >= 0.3 is 0 Å². The van der Waals surface area contributed by atoms with Gasteiger partial charge < -0.3 is 10.4 Å². The molecule has 0 aliphatic heterocycles. The van der Waals surface area contributed by atoms with E-state index in [4.69, 9.17) is 0 Å². The van der Waals surface area contributed by atoms with Crippen molar-refractivity contribution in [2.24, 2.45) is 0 Å². The lowest BCUT2D eigenvalue weighted by Gasteiger charge is -2.04. The third-order valence-corrected chi connectivity index (χ3v) is 3.90. The highest BCUT2D eigenvalue weighted by Crippen LogP contribution is 2.20. The van der Waals surface area contributed by atoms with Crippen LogP contribution in [0.15, 0.2) is 30.3 Å². The van der Waals surface area contributed by atoms with Crippen LogP contribution in [0.5, 0.6) is 5.75 Å². The van der Waals surface area contributed by atoms with Crippen molar-refractivity contribution in [1.29, 1.82) is 0 Å². The molecule has 4 heteroatoms. The number of nitrogens with one attached hydrogen (secondary N) is 1. The fourth-order valence-electron chi connectivity index (χ4n) is 1.62. The van der Waals surface area contributed by atoms with Crippen molar-refractivity contribution in [1.82, 2.24) is 5.32 Å². The molecule has 0 unspecified atom stereocenters. The van der Waals surface area contributed by atoms with Crippen LogP contribution in [0.3, 0.4) is 0 Å². The Hall–Kier alpha value is -1.81. The maximum atomic E-state index is 11.9. The number of hydrogen-bond donors (Lipinski definition) is 2. The molecule has 0 radical (unpaired) electrons. The van der Waals surface area contributed by atoms with Gasteiger partial charge in [-0.05, 0) is 43.2 Å². The van der Waals surface area contributed by atoms with Crippen LogP contribution in [0, 0.1) is 13.8 Å². The van der Waals surface area contributed by atoms with E-state index < -0.39 is 0 Å². The first-order valence-electron chi connectivity index (χ1n) is 5.69. The van der Waals surface area contributed by atoms with E-state index in [1.165, 1.54) is 11.3 Å². The van der Waals surface area contributed by atoms with Crippen molar-refractivity contribution < 1.29 is 9.90 Å². The number of carbonyl (C=O) groups excluding carboxylic acids is 1. The molecule has 0 saturated heterocycles. The molecule has 0 fully saturated rings. The summed E-state index contributed by atoms with van der Waals surface area (Å²) in [5.41, 5.74) is 2.02. The number of aryl methyl sites for hydroxylation is 2. The molecule has 3 nitrogen and oxygen atoms in total. The summed E-state index contributed by atoms with van der Waals surface area (Å²) in [6.07, 6.45) is 0. The first-order valence-corrected chi connectivity index (χ1v) is 6.51. The smallest absolute Gasteiger partial charge is 0.261 e. The van der Waals surface area contributed by atoms with E-state index in [1.807, 2.05) is 26.0 Å². The third-order valence-electron chi connectivity index (χ3n) is 2.75. The number of rotatable bonds is 3. The highest BCUT2D eigenvalue weighted by molar-refractivity contribution is 7.14. The predicted molar refractivity (Wildman–Crippen MR) is 73.1 cm³/mol. The lowest BCUT2D eigenvalue weighted by Crippen LogP contribution is -2.21. The summed E-state index contributed by atoms with van der Waals surface area (Å²) in [5.74, 6) is 0.143. The van der Waals surface area contributed by atoms with Gasteiger partial charge in [-0.3, -0.25) is 4.79 Å². The van der Waals surface area contributed by atoms with E-state index in [0.29, 0.717) is 6.54 Å². The van der Waals surface area contributed by atoms with Gasteiger partial charge in [-0.1, -0.05) is 12.1 Å². The summed E-state index contributed by atoms with van der Waals surface area (Å²) < 4.78 is 0. The molecule has 0 aliphatic rings. The Balaban J connectivity index is 2.00. The summed E-state index contributed by atoms with van der Waals surface area (Å²) in [6.45, 7) is 4.42. The molecule has 1 heterocycles. The number of hydrogen-bond acceptors (Lipinski definition) is 3. The number of benzene rings is 1. The Labute approximate surface area is 110 Å². The van der Waals surface area contributed by atoms with Crippen molar-refractivity contribution >= 4 is 17.2 Å². The zero-order valence-electron chi connectivity index (χ0n) is 10.4. The minimum atomic E-state index is -0.0699. The van der Waals surface area contributed by atoms with Gasteiger partial charge in [0.15, 0.2) is 0 Å². The number of carbonyl (C=O) groups is 1. The number of phenols is 1. The minimum Gasteiger partial charge on any atom is -0.508 e. The molecule has 0 saturated carbocycles. The molecule has 1 aromatic carbocycles. The summed E-state index contributed by atoms with van der Waals surface area (Å²) in [4.78, 5) is 13.8. The van der Waals surface area contributed by atoms with Gasteiger partial charge in [-0.25, -0.2) is 0 Å². The topological polar surface area (TPSA) is 49.3 Å². The Bertz CT molecular complexity index is 555. The van der Waals surface area contributed by atoms with Gasteiger partial charge in [0.1, 0.15) is 5.75 Å². The Morgan fingerprint density at radius 3 is 2.72 bits per heavy atom. The maximum absolute atomic E-state index is 11.9. The van der Waals surface area contributed by atoms with Gasteiger partial charge in [0.2, 0.25) is 0 Å². The molecule has 2 N–H and O–H groups in total. The van der Waals surface area contributed by atoms with Crippen LogP contribution in [0.4, 0.5) is 0 Å². The van der Waals surface area contributed by atoms with Crippen molar-refractivity contribution in [2.45, 2.75) is 20.4 Å². The van der Waals surface area contributed by atoms with Crippen LogP contribution in [0.25, 0.3) is 0 Å². The molecule has 18 heavy (non-hydrogen) atoms. The number of aromatic hydroxyl groups is 1. The van der Waals surface area contributed by atoms with Gasteiger partial charge in [-0.15, -0.1) is 11.3 Å². The standard InChI is InChI=1S/C14H15NO2S/c1-9-6-13(18-10(9)2)14(17)15-8-11-4-3-5-12(16)7-11/h3-7,16H,8H2,1-2H3,(H,15,17). The summed E-state index contributed by atoms with van der Waals surface area (Å²) in [5, 5.41) is 12.2. The second-order valence-electron chi connectivity index (χ2n) is 4.20. The largest absolute Gasteiger partial charge is 0.508 e. The van der Waals surface area contributed by atoms with Crippen LogP contribution >= 0.6 is 11.3 Å². The van der Waals surface area contributed by atoms with Crippen molar-refractivity contribution in [2.75, 3.05) is 0 Å². The molecule has 2 aromatic rings. The SMILES string of the molecule is Cc1cc(C(=O)NCc2cccc(O)c2)sc1C. The maximum Gasteiger partial charge on any atom is 0.261 e. The fourth-order valence-corrected chi connectivity index (χ4v) is 2.57. The Morgan fingerprint density at radius 2 is 2.11 bits per heavy atom. The van der Waals surface area contributed by atoms with Crippen LogP contribution in [0.1, 0.15) is 25.7 Å². The molecule has 0 bridgehead atoms. The van der Waals surface area contributed by atoms with Crippen LogP contribution in [0.2, 0.25) is 0 Å². The lowest BCUT2D eigenvalue weighted by molar-refractivity contribution is 0.0955. The number of thiophene rings is 1. The van der Waals surface area contributed by atoms with Crippen LogP contribution < -0.4 is 5.32 Å². The van der Waals surface area contributed by atoms with Gasteiger partial charge in [0.25, 0.3) is 5.91 Å². The van der Waals surface area contributed by atoms with E-state index in [1.54, 1.807) is 18.2 Å². The van der Waals surface area contributed by atoms with E-state index in [9.17, 15) is 9.90 Å². The quantitative estimate of drug-likeness (QED) is 0.892. The lowest BCUT2D eigenvalue weighted by atomic mass is 10.2. The molecule has 94 valence electrons. The number of amides is 1. The second-order valence-corrected chi connectivity index (χ2v) is 5.46. The monoisotopic (exact) mass is 261 g/mol. The first kappa shape index (κ1) is 12.6. The molecule has 0 atom stereocenters. The molecular formula is C14H15NO2S. The first-order chi connectivity index (χ1) is 8.56. The van der Waals surface area contributed by atoms with E-state index in [0.717, 1.165) is 20.9 Å². The molecular weight excluding hydrogens is 246 g/mol. The van der Waals surface area contributed by atoms with E-state index in [-0.39, 0.29) is 11.7 Å². The fraction of sp³-hybridized carbons (Fsp3) is 0.214. The molecule has 0 aliphatic carbocycles. The predicted octanol–water partition coefficient (Wildman–Crippen LogP) is 3.00. The minimum absolute atomic E-state index is 0.0699. The molecule has 2 rings (SSSR count). The van der Waals surface area contributed by atoms with Gasteiger partial charge in [0, 0.05) is 11.4 Å². The highest BCUT2D eigenvalue weighted by Gasteiger charge is 2.09. The van der Waals surface area contributed by atoms with Gasteiger partial charge in [-0.2, -0.15) is 0 Å². The highest BCUT2D eigenvalue weighted by atomic mass is 32.1. The summed E-state index contributed by atoms with van der Waals surface area (Å²) in [7, 11) is 0. The van der Waals surface area contributed by atoms with Crippen molar-refractivity contribution in [3.05, 3.63) is 51.2 Å². The van der Waals surface area contributed by atoms with E-state index in [2.05, 4.69) is 5.32 Å². The zero-order valence-corrected chi connectivity index (χ0v) is 11.2. The average molecular weight is 261 g/mol. The van der Waals surface area contributed by atoms with Crippen molar-refractivity contribution in [3.63, 3.8) is 0 Å². The van der Waals surface area contributed by atoms with Crippen LogP contribution in [-0.4, -0.2) is 11.0 Å². The summed E-state index contributed by atoms with van der Waals surface area (Å²) in [6, 6.07) is 8.78. The third kappa shape index (κ3) is 2.90. The Kier molecular flexibility index (Phi) is 3.67. The van der Waals surface area contributed by atoms with E-state index >= 15 is 0 Å². The normalized spacial score (nSPS) is 10.3. The molecule has 1 aromatic heterocycles. The van der Waals surface area contributed by atoms with Crippen LogP contribution in [-0.2, 0) is 6.54 Å². The second kappa shape index (κ2) is 5.23. The zero-order chi connectivity index (χ0) is 13.1. The molecule has 1 amide bonds. The molecule has 0 spiro atoms. The summed E-state index contributed by atoms with van der Waals surface area (Å²) >= 11 is 1.50.